The molecule has 0 spiro atoms. The van der Waals surface area contributed by atoms with Gasteiger partial charge in [-0.25, -0.2) is 5.43 Å². The Kier molecular flexibility index (Phi) is 5.98. The van der Waals surface area contributed by atoms with Crippen LogP contribution >= 0.6 is 11.8 Å². The van der Waals surface area contributed by atoms with Gasteiger partial charge in [-0.2, -0.15) is 0 Å². The van der Waals surface area contributed by atoms with Gasteiger partial charge < -0.3 is 10.2 Å². The summed E-state index contributed by atoms with van der Waals surface area (Å²) in [6.45, 7) is 0.870. The summed E-state index contributed by atoms with van der Waals surface area (Å²) in [6.07, 6.45) is 6.79. The highest BCUT2D eigenvalue weighted by Gasteiger charge is 2.41. The van der Waals surface area contributed by atoms with E-state index >= 15 is 0 Å². The second-order valence-electron chi connectivity index (χ2n) is 7.13. The maximum absolute atomic E-state index is 12.5. The molecule has 2 N–H and O–H groups in total. The van der Waals surface area contributed by atoms with Gasteiger partial charge in [0.05, 0.1) is 0 Å². The summed E-state index contributed by atoms with van der Waals surface area (Å²) >= 11 is 1.54. The summed E-state index contributed by atoms with van der Waals surface area (Å²) in [4.78, 5) is 39.1. The van der Waals surface area contributed by atoms with Gasteiger partial charge in [0.25, 0.3) is 0 Å². The monoisotopic (exact) mass is 366 g/mol. The maximum Gasteiger partial charge on any atom is 0.309 e. The number of hydrogen-bond donors (Lipinski definition) is 2. The zero-order valence-corrected chi connectivity index (χ0v) is 15.4. The van der Waals surface area contributed by atoms with E-state index < -0.39 is 17.7 Å². The quantitative estimate of drug-likeness (QED) is 0.543. The lowest BCUT2D eigenvalue weighted by molar-refractivity contribution is -0.141. The lowest BCUT2D eigenvalue weighted by Crippen LogP contribution is -2.50. The molecular weight excluding hydrogens is 340 g/mol. The number of Topliss-reactive ketones (excluding diaryl/α,β-unsaturated/α-hetero) is 1. The third kappa shape index (κ3) is 4.74. The van der Waals surface area contributed by atoms with Crippen LogP contribution in [0.25, 0.3) is 0 Å². The van der Waals surface area contributed by atoms with E-state index in [1.54, 1.807) is 11.8 Å². The first-order valence-corrected chi connectivity index (χ1v) is 10.1. The van der Waals surface area contributed by atoms with Gasteiger partial charge >= 0.3 is 5.91 Å². The minimum absolute atomic E-state index is 0.0188. The number of ketones is 1. The molecule has 138 valence electrons. The van der Waals surface area contributed by atoms with Crippen molar-refractivity contribution in [2.24, 2.45) is 16.9 Å². The summed E-state index contributed by atoms with van der Waals surface area (Å²) in [6, 6.07) is -0.705. The van der Waals surface area contributed by atoms with Crippen LogP contribution in [-0.2, 0) is 14.4 Å². The van der Waals surface area contributed by atoms with E-state index in [-0.39, 0.29) is 17.7 Å². The van der Waals surface area contributed by atoms with Gasteiger partial charge in [-0.05, 0) is 31.6 Å². The van der Waals surface area contributed by atoms with Crippen LogP contribution in [0.15, 0.2) is 5.10 Å². The van der Waals surface area contributed by atoms with E-state index in [1.807, 2.05) is 11.9 Å². The number of nitrogens with one attached hydrogen (secondary N) is 2. The molecule has 0 aromatic heterocycles. The number of nitrogens with zero attached hydrogens (tertiary/aromatic N) is 2. The second-order valence-corrected chi connectivity index (χ2v) is 8.19. The fraction of sp³-hybridized carbons (Fsp3) is 0.765. The number of amides is 2. The third-order valence-electron chi connectivity index (χ3n) is 5.11. The average Bonchev–Trinajstić information content (AvgIpc) is 3.39. The first-order chi connectivity index (χ1) is 12.1. The molecule has 2 amide bonds. The van der Waals surface area contributed by atoms with Crippen molar-refractivity contribution < 1.29 is 14.4 Å². The SMILES string of the molecule is CN1CCSC1=NNC(=O)C(=O)[C@H](NC(=O)C1CCCCC1)C1CC1. The molecule has 0 unspecified atom stereocenters. The lowest BCUT2D eigenvalue weighted by atomic mass is 9.88. The molecule has 0 aromatic carbocycles. The standard InChI is InChI=1S/C17H26N4O3S/c1-21-9-10-25-17(21)20-19-16(24)14(22)13(11-7-8-11)18-15(23)12-5-3-2-4-6-12/h11-13H,2-10H2,1H3,(H,18,23)(H,19,24)/t13-/m1/s1. The summed E-state index contributed by atoms with van der Waals surface area (Å²) in [5, 5.41) is 7.59. The first-order valence-electron chi connectivity index (χ1n) is 9.12. The Labute approximate surface area is 152 Å². The predicted molar refractivity (Wildman–Crippen MR) is 96.9 cm³/mol. The van der Waals surface area contributed by atoms with Crippen LogP contribution in [0.3, 0.4) is 0 Å². The van der Waals surface area contributed by atoms with Crippen molar-refractivity contribution in [2.45, 2.75) is 51.0 Å². The van der Waals surface area contributed by atoms with E-state index in [0.29, 0.717) is 5.17 Å². The molecule has 25 heavy (non-hydrogen) atoms. The average molecular weight is 366 g/mol. The van der Waals surface area contributed by atoms with Gasteiger partial charge in [0.1, 0.15) is 6.04 Å². The van der Waals surface area contributed by atoms with Gasteiger partial charge in [-0.1, -0.05) is 31.0 Å². The van der Waals surface area contributed by atoms with Crippen LogP contribution in [0, 0.1) is 11.8 Å². The molecule has 2 saturated carbocycles. The van der Waals surface area contributed by atoms with E-state index in [2.05, 4.69) is 15.8 Å². The molecule has 3 aliphatic rings. The van der Waals surface area contributed by atoms with Crippen molar-refractivity contribution >= 4 is 34.5 Å². The Balaban J connectivity index is 1.56. The second kappa shape index (κ2) is 8.21. The molecule has 1 aliphatic heterocycles. The Morgan fingerprint density at radius 2 is 1.88 bits per heavy atom. The molecule has 0 bridgehead atoms. The number of hydrogen-bond acceptors (Lipinski definition) is 5. The summed E-state index contributed by atoms with van der Waals surface area (Å²) < 4.78 is 0. The Morgan fingerprint density at radius 3 is 2.48 bits per heavy atom. The fourth-order valence-corrected chi connectivity index (χ4v) is 4.32. The number of carbonyl (C=O) groups excluding carboxylic acids is 3. The Hall–Kier alpha value is -1.57. The van der Waals surface area contributed by atoms with Gasteiger partial charge in [-0.3, -0.25) is 14.4 Å². The van der Waals surface area contributed by atoms with Gasteiger partial charge in [0, 0.05) is 25.3 Å². The predicted octanol–water partition coefficient (Wildman–Crippen LogP) is 1.10. The Morgan fingerprint density at radius 1 is 1.16 bits per heavy atom. The van der Waals surface area contributed by atoms with Gasteiger partial charge in [0.15, 0.2) is 5.17 Å². The zero-order valence-electron chi connectivity index (χ0n) is 14.6. The maximum atomic E-state index is 12.5. The minimum atomic E-state index is -0.741. The zero-order chi connectivity index (χ0) is 17.8. The molecule has 8 heteroatoms. The largest absolute Gasteiger partial charge is 0.352 e. The lowest BCUT2D eigenvalue weighted by Gasteiger charge is -2.24. The van der Waals surface area contributed by atoms with Crippen molar-refractivity contribution in [3.63, 3.8) is 0 Å². The van der Waals surface area contributed by atoms with Gasteiger partial charge in [-0.15, -0.1) is 5.10 Å². The summed E-state index contributed by atoms with van der Waals surface area (Å²) in [5.41, 5.74) is 2.36. The van der Waals surface area contributed by atoms with Crippen molar-refractivity contribution in [2.75, 3.05) is 19.3 Å². The fourth-order valence-electron chi connectivity index (χ4n) is 3.36. The number of rotatable bonds is 6. The smallest absolute Gasteiger partial charge is 0.309 e. The molecule has 1 heterocycles. The summed E-state index contributed by atoms with van der Waals surface area (Å²) in [5.74, 6) is -0.413. The molecule has 3 rings (SSSR count). The highest BCUT2D eigenvalue weighted by Crippen LogP contribution is 2.34. The third-order valence-corrected chi connectivity index (χ3v) is 6.16. The molecule has 7 nitrogen and oxygen atoms in total. The molecule has 1 saturated heterocycles. The normalized spacial score (nSPS) is 24.2. The Bertz CT molecular complexity index is 570. The van der Waals surface area contributed by atoms with E-state index in [1.165, 1.54) is 6.42 Å². The van der Waals surface area contributed by atoms with Crippen LogP contribution < -0.4 is 10.7 Å². The minimum Gasteiger partial charge on any atom is -0.352 e. The molecule has 2 aliphatic carbocycles. The van der Waals surface area contributed by atoms with Crippen molar-refractivity contribution in [1.29, 1.82) is 0 Å². The highest BCUT2D eigenvalue weighted by molar-refractivity contribution is 8.14. The first kappa shape index (κ1) is 18.2. The number of hydrazone groups is 1. The number of carbonyl (C=O) groups is 3. The highest BCUT2D eigenvalue weighted by atomic mass is 32.2. The molecule has 1 atom stereocenters. The van der Waals surface area contributed by atoms with Crippen molar-refractivity contribution in [3.8, 4) is 0 Å². The number of thioether (sulfide) groups is 1. The van der Waals surface area contributed by atoms with Gasteiger partial charge in [0.2, 0.25) is 11.7 Å². The van der Waals surface area contributed by atoms with Crippen molar-refractivity contribution in [1.82, 2.24) is 15.6 Å². The molecule has 0 radical (unpaired) electrons. The van der Waals surface area contributed by atoms with E-state index in [9.17, 15) is 14.4 Å². The molecule has 3 fully saturated rings. The molecule has 0 aromatic rings. The van der Waals surface area contributed by atoms with Crippen LogP contribution in [0.5, 0.6) is 0 Å². The van der Waals surface area contributed by atoms with Crippen molar-refractivity contribution in [3.05, 3.63) is 0 Å². The molecular formula is C17H26N4O3S. The van der Waals surface area contributed by atoms with Crippen LogP contribution in [0.2, 0.25) is 0 Å². The number of amidine groups is 1. The van der Waals surface area contributed by atoms with E-state index in [4.69, 9.17) is 0 Å². The van der Waals surface area contributed by atoms with Crippen LogP contribution in [0.4, 0.5) is 0 Å². The summed E-state index contributed by atoms with van der Waals surface area (Å²) in [7, 11) is 1.89. The topological polar surface area (TPSA) is 90.9 Å². The van der Waals surface area contributed by atoms with Crippen LogP contribution in [-0.4, -0.2) is 53.1 Å². The van der Waals surface area contributed by atoms with E-state index in [0.717, 1.165) is 50.8 Å². The van der Waals surface area contributed by atoms with Crippen LogP contribution in [0.1, 0.15) is 44.9 Å².